The van der Waals surface area contributed by atoms with Gasteiger partial charge in [0, 0.05) is 10.2 Å². The molecule has 0 aliphatic rings. The van der Waals surface area contributed by atoms with Crippen molar-refractivity contribution in [1.29, 1.82) is 0 Å². The highest BCUT2D eigenvalue weighted by Gasteiger charge is 2.16. The summed E-state index contributed by atoms with van der Waals surface area (Å²) in [4.78, 5) is 11.9. The summed E-state index contributed by atoms with van der Waals surface area (Å²) in [5.74, 6) is -1.93. The summed E-state index contributed by atoms with van der Waals surface area (Å²) in [6.45, 7) is 0. The lowest BCUT2D eigenvalue weighted by Gasteiger charge is -2.08. The Morgan fingerprint density at radius 1 is 1.32 bits per heavy atom. The van der Waals surface area contributed by atoms with Gasteiger partial charge in [0.2, 0.25) is 0 Å². The standard InChI is InChI=1S/C13H8BrClFNO2/c14-8-6-7(4-5-9(8)15)17-13(19)12-10(16)2-1-3-11(12)18/h1-6,18H,(H,17,19). The predicted molar refractivity (Wildman–Crippen MR) is 75.2 cm³/mol. The molecule has 0 aliphatic carbocycles. The van der Waals surface area contributed by atoms with E-state index < -0.39 is 23.0 Å². The van der Waals surface area contributed by atoms with Gasteiger partial charge in [0.1, 0.15) is 17.1 Å². The van der Waals surface area contributed by atoms with Crippen LogP contribution >= 0.6 is 27.5 Å². The summed E-state index contributed by atoms with van der Waals surface area (Å²) in [5, 5.41) is 12.5. The Kier molecular flexibility index (Phi) is 4.07. The molecule has 0 aromatic heterocycles. The topological polar surface area (TPSA) is 49.3 Å². The monoisotopic (exact) mass is 343 g/mol. The fourth-order valence-corrected chi connectivity index (χ4v) is 2.00. The van der Waals surface area contributed by atoms with Gasteiger partial charge in [0.15, 0.2) is 0 Å². The number of hydrogen-bond acceptors (Lipinski definition) is 2. The quantitative estimate of drug-likeness (QED) is 0.858. The van der Waals surface area contributed by atoms with Crippen LogP contribution in [0.2, 0.25) is 5.02 Å². The summed E-state index contributed by atoms with van der Waals surface area (Å²) >= 11 is 9.04. The Bertz CT molecular complexity index is 628. The number of nitrogens with one attached hydrogen (secondary N) is 1. The van der Waals surface area contributed by atoms with Crippen LogP contribution in [0.3, 0.4) is 0 Å². The van der Waals surface area contributed by atoms with Gasteiger partial charge in [-0.2, -0.15) is 0 Å². The Labute approximate surface area is 122 Å². The van der Waals surface area contributed by atoms with Crippen LogP contribution in [0.5, 0.6) is 5.75 Å². The van der Waals surface area contributed by atoms with Crippen molar-refractivity contribution >= 4 is 39.1 Å². The minimum atomic E-state index is -0.787. The minimum Gasteiger partial charge on any atom is -0.507 e. The Morgan fingerprint density at radius 2 is 2.05 bits per heavy atom. The zero-order valence-corrected chi connectivity index (χ0v) is 11.8. The number of hydrogen-bond donors (Lipinski definition) is 2. The second kappa shape index (κ2) is 5.59. The van der Waals surface area contributed by atoms with Crippen molar-refractivity contribution in [3.05, 3.63) is 57.3 Å². The highest BCUT2D eigenvalue weighted by atomic mass is 79.9. The second-order valence-corrected chi connectivity index (χ2v) is 4.98. The second-order valence-electron chi connectivity index (χ2n) is 3.72. The van der Waals surface area contributed by atoms with Crippen molar-refractivity contribution in [2.45, 2.75) is 0 Å². The fraction of sp³-hybridized carbons (Fsp3) is 0. The van der Waals surface area contributed by atoms with Gasteiger partial charge in [0.05, 0.1) is 5.02 Å². The van der Waals surface area contributed by atoms with E-state index in [9.17, 15) is 14.3 Å². The Hall–Kier alpha value is -1.59. The van der Waals surface area contributed by atoms with Gasteiger partial charge in [-0.05, 0) is 46.3 Å². The van der Waals surface area contributed by atoms with E-state index in [-0.39, 0.29) is 0 Å². The van der Waals surface area contributed by atoms with E-state index in [1.165, 1.54) is 12.1 Å². The van der Waals surface area contributed by atoms with E-state index in [4.69, 9.17) is 11.6 Å². The average molecular weight is 345 g/mol. The van der Waals surface area contributed by atoms with Crippen molar-refractivity contribution in [2.24, 2.45) is 0 Å². The van der Waals surface area contributed by atoms with Crippen LogP contribution in [0.25, 0.3) is 0 Å². The fourth-order valence-electron chi connectivity index (χ4n) is 1.51. The summed E-state index contributed by atoms with van der Waals surface area (Å²) in [5.41, 5.74) is 0.0394. The Morgan fingerprint density at radius 3 is 2.68 bits per heavy atom. The van der Waals surface area contributed by atoms with Crippen LogP contribution in [0, 0.1) is 5.82 Å². The number of carbonyl (C=O) groups excluding carboxylic acids is 1. The number of carbonyl (C=O) groups is 1. The molecular formula is C13H8BrClFNO2. The number of phenols is 1. The van der Waals surface area contributed by atoms with Gasteiger partial charge in [0.25, 0.3) is 5.91 Å². The molecule has 0 heterocycles. The van der Waals surface area contributed by atoms with Crippen molar-refractivity contribution < 1.29 is 14.3 Å². The van der Waals surface area contributed by atoms with E-state index in [0.29, 0.717) is 15.2 Å². The van der Waals surface area contributed by atoms with E-state index in [1.54, 1.807) is 18.2 Å². The molecule has 0 saturated heterocycles. The molecule has 2 rings (SSSR count). The molecule has 19 heavy (non-hydrogen) atoms. The molecular weight excluding hydrogens is 337 g/mol. The van der Waals surface area contributed by atoms with Crippen LogP contribution < -0.4 is 5.32 Å². The normalized spacial score (nSPS) is 10.3. The lowest BCUT2D eigenvalue weighted by atomic mass is 10.1. The summed E-state index contributed by atoms with van der Waals surface area (Å²) < 4.78 is 14.1. The molecule has 98 valence electrons. The number of aromatic hydroxyl groups is 1. The van der Waals surface area contributed by atoms with Crippen molar-refractivity contribution in [2.75, 3.05) is 5.32 Å². The smallest absolute Gasteiger partial charge is 0.262 e. The molecule has 0 fully saturated rings. The van der Waals surface area contributed by atoms with Crippen LogP contribution in [0.1, 0.15) is 10.4 Å². The number of benzene rings is 2. The maximum atomic E-state index is 13.5. The van der Waals surface area contributed by atoms with Crippen LogP contribution in [0.4, 0.5) is 10.1 Å². The number of halogens is 3. The molecule has 0 unspecified atom stereocenters. The number of rotatable bonds is 2. The van der Waals surface area contributed by atoms with Crippen molar-refractivity contribution in [1.82, 2.24) is 0 Å². The van der Waals surface area contributed by atoms with Gasteiger partial charge in [-0.25, -0.2) is 4.39 Å². The molecule has 2 N–H and O–H groups in total. The van der Waals surface area contributed by atoms with E-state index in [2.05, 4.69) is 21.2 Å². The first-order chi connectivity index (χ1) is 8.99. The minimum absolute atomic E-state index is 0.395. The molecule has 0 aliphatic heterocycles. The molecule has 6 heteroatoms. The lowest BCUT2D eigenvalue weighted by Crippen LogP contribution is -2.14. The lowest BCUT2D eigenvalue weighted by molar-refractivity contribution is 0.102. The van der Waals surface area contributed by atoms with E-state index >= 15 is 0 Å². The maximum absolute atomic E-state index is 13.5. The Balaban J connectivity index is 2.28. The van der Waals surface area contributed by atoms with Gasteiger partial charge < -0.3 is 10.4 Å². The first kappa shape index (κ1) is 13.8. The van der Waals surface area contributed by atoms with Gasteiger partial charge in [-0.1, -0.05) is 17.7 Å². The first-order valence-electron chi connectivity index (χ1n) is 5.23. The molecule has 1 amide bonds. The third-order valence-electron chi connectivity index (χ3n) is 2.40. The molecule has 0 bridgehead atoms. The van der Waals surface area contributed by atoms with Crippen LogP contribution in [0.15, 0.2) is 40.9 Å². The zero-order chi connectivity index (χ0) is 14.0. The number of amides is 1. The summed E-state index contributed by atoms with van der Waals surface area (Å²) in [6, 6.07) is 8.41. The predicted octanol–water partition coefficient (Wildman–Crippen LogP) is 4.20. The SMILES string of the molecule is O=C(Nc1ccc(Cl)c(Br)c1)c1c(O)cccc1F. The van der Waals surface area contributed by atoms with Crippen LogP contribution in [-0.4, -0.2) is 11.0 Å². The molecule has 2 aromatic rings. The molecule has 0 atom stereocenters. The highest BCUT2D eigenvalue weighted by molar-refractivity contribution is 9.10. The van der Waals surface area contributed by atoms with Crippen molar-refractivity contribution in [3.63, 3.8) is 0 Å². The van der Waals surface area contributed by atoms with Gasteiger partial charge >= 0.3 is 0 Å². The third-order valence-corrected chi connectivity index (χ3v) is 3.61. The number of phenolic OH excluding ortho intramolecular Hbond substituents is 1. The van der Waals surface area contributed by atoms with Crippen LogP contribution in [-0.2, 0) is 0 Å². The summed E-state index contributed by atoms with van der Waals surface area (Å²) in [7, 11) is 0. The molecule has 2 aromatic carbocycles. The first-order valence-corrected chi connectivity index (χ1v) is 6.40. The van der Waals surface area contributed by atoms with E-state index in [0.717, 1.165) is 6.07 Å². The molecule has 0 spiro atoms. The summed E-state index contributed by atoms with van der Waals surface area (Å²) in [6.07, 6.45) is 0. The molecule has 0 radical (unpaired) electrons. The van der Waals surface area contributed by atoms with Crippen molar-refractivity contribution in [3.8, 4) is 5.75 Å². The number of anilines is 1. The van der Waals surface area contributed by atoms with Gasteiger partial charge in [-0.3, -0.25) is 4.79 Å². The molecule has 3 nitrogen and oxygen atoms in total. The highest BCUT2D eigenvalue weighted by Crippen LogP contribution is 2.27. The average Bonchev–Trinajstić information content (AvgIpc) is 2.33. The van der Waals surface area contributed by atoms with E-state index in [1.807, 2.05) is 0 Å². The maximum Gasteiger partial charge on any atom is 0.262 e. The largest absolute Gasteiger partial charge is 0.507 e. The zero-order valence-electron chi connectivity index (χ0n) is 9.45. The third kappa shape index (κ3) is 3.05. The molecule has 0 saturated carbocycles. The van der Waals surface area contributed by atoms with Gasteiger partial charge in [-0.15, -0.1) is 0 Å².